The zero-order chi connectivity index (χ0) is 18.4. The van der Waals surface area contributed by atoms with Gasteiger partial charge in [-0.15, -0.1) is 0 Å². The molecule has 1 amide bonds. The molecule has 5 heteroatoms. The molecular formula is C22H27FeNO3. The van der Waals surface area contributed by atoms with Crippen LogP contribution in [-0.2, 0) is 20.8 Å². The molecule has 11 heterocycles. The molecular weight excluding hydrogens is 382 g/mol. The van der Waals surface area contributed by atoms with Gasteiger partial charge in [0.15, 0.2) is 0 Å². The van der Waals surface area contributed by atoms with Gasteiger partial charge < -0.3 is 0 Å². The van der Waals surface area contributed by atoms with Gasteiger partial charge in [0, 0.05) is 0 Å². The van der Waals surface area contributed by atoms with Gasteiger partial charge in [-0.1, -0.05) is 0 Å². The second kappa shape index (κ2) is 1.36. The molecule has 1 spiro atoms. The molecule has 11 rings (SSSR count). The van der Waals surface area contributed by atoms with Crippen LogP contribution in [0.3, 0.4) is 0 Å². The molecule has 6 atom stereocenters. The number of cyclic esters (lactones) is 1. The monoisotopic (exact) mass is 409 g/mol. The van der Waals surface area contributed by atoms with Gasteiger partial charge in [0.25, 0.3) is 0 Å². The summed E-state index contributed by atoms with van der Waals surface area (Å²) in [6, 6.07) is 0. The van der Waals surface area contributed by atoms with Crippen LogP contribution in [-0.4, -0.2) is 28.5 Å². The molecule has 0 aliphatic carbocycles. The SMILES string of the molecule is C=CC[C@]1(C)C(=O)O[C@@H]([C]23[CH]4[CH]5[CH]6[CH]2[Fe]56432789[CH]3[CH]2[CH]7[CH]8[CH]39)N1C(=O)C(C)(C)C. The Morgan fingerprint density at radius 1 is 1.15 bits per heavy atom. The topological polar surface area (TPSA) is 46.6 Å². The molecule has 11 saturated heterocycles. The number of hydrogen-bond acceptors (Lipinski definition) is 3. The van der Waals surface area contributed by atoms with Crippen molar-refractivity contribution in [1.82, 2.24) is 4.90 Å². The van der Waals surface area contributed by atoms with E-state index in [9.17, 15) is 9.59 Å². The van der Waals surface area contributed by atoms with Crippen LogP contribution >= 0.6 is 0 Å². The maximum absolute atomic E-state index is 13.7. The first-order valence-corrected chi connectivity index (χ1v) is 17.1. The average molecular weight is 409 g/mol. The summed E-state index contributed by atoms with van der Waals surface area (Å²) < 4.78 is 6.69. The molecule has 0 bridgehead atoms. The minimum absolute atomic E-state index is 0.110. The second-order valence-electron chi connectivity index (χ2n) is 15.2. The predicted molar refractivity (Wildman–Crippen MR) is 95.8 cm³/mol. The van der Waals surface area contributed by atoms with Gasteiger partial charge in [0.1, 0.15) is 0 Å². The van der Waals surface area contributed by atoms with Crippen molar-refractivity contribution < 1.29 is 20.8 Å². The van der Waals surface area contributed by atoms with Crippen LogP contribution in [0.2, 0.25) is 47.7 Å². The third-order valence-corrected chi connectivity index (χ3v) is 60.6. The first kappa shape index (κ1) is 12.7. The summed E-state index contributed by atoms with van der Waals surface area (Å²) >= 11 is 0. The molecule has 27 heavy (non-hydrogen) atoms. The zero-order valence-corrected chi connectivity index (χ0v) is 17.4. The molecule has 0 aromatic carbocycles. The van der Waals surface area contributed by atoms with E-state index in [-0.39, 0.29) is 18.1 Å². The van der Waals surface area contributed by atoms with Crippen LogP contribution in [0.4, 0.5) is 0 Å². The Bertz CT molecular complexity index is 1310. The fraction of sp³-hybridized carbons (Fsp3) is 0.818. The van der Waals surface area contributed by atoms with Crippen LogP contribution in [0.25, 0.3) is 0 Å². The van der Waals surface area contributed by atoms with Crippen molar-refractivity contribution in [3.63, 3.8) is 0 Å². The number of rotatable bonds is 3. The standard InChI is InChI=1S/C17H22NO3.C5H5.Fe/c1-6-11-17(5)15(20)21-13(12-9-7-8-10-12)18(17)14(19)16(2,3)4;1-2-4-5-3-1;/h6-10,13H,1,11H2,2-5H3;1-5H;/t13-,17+;;/m0../s1. The third-order valence-electron chi connectivity index (χ3n) is 18.0. The van der Waals surface area contributed by atoms with Gasteiger partial charge in [-0.05, 0) is 0 Å². The van der Waals surface area contributed by atoms with Gasteiger partial charge in [0.05, 0.1) is 0 Å². The molecule has 4 nitrogen and oxygen atoms in total. The summed E-state index contributed by atoms with van der Waals surface area (Å²) in [6.45, 7) is 8.30. The van der Waals surface area contributed by atoms with E-state index >= 15 is 0 Å². The Hall–Kier alpha value is -0.801. The second-order valence-corrected chi connectivity index (χ2v) is 38.8. The number of fused-ring (bicyclic) bond motifs is 10. The van der Waals surface area contributed by atoms with E-state index in [1.807, 2.05) is 32.6 Å². The van der Waals surface area contributed by atoms with Crippen LogP contribution in [0.5, 0.6) is 0 Å². The summed E-state index contributed by atoms with van der Waals surface area (Å²) in [7, 11) is 0. The molecule has 0 N–H and O–H groups in total. The fourth-order valence-electron chi connectivity index (χ4n) is 19.1. The number of ether oxygens (including phenoxy) is 1. The van der Waals surface area contributed by atoms with Crippen LogP contribution in [0, 0.1) is 5.41 Å². The van der Waals surface area contributed by atoms with Gasteiger partial charge in [-0.3, -0.25) is 0 Å². The van der Waals surface area contributed by atoms with Gasteiger partial charge in [-0.2, -0.15) is 0 Å². The van der Waals surface area contributed by atoms with Crippen molar-refractivity contribution in [3.05, 3.63) is 12.7 Å². The maximum atomic E-state index is 13.7. The fourth-order valence-corrected chi connectivity index (χ4v) is 93.6. The summed E-state index contributed by atoms with van der Waals surface area (Å²) in [5.41, 5.74) is -1.36. The molecule has 146 valence electrons. The van der Waals surface area contributed by atoms with E-state index in [4.69, 9.17) is 4.74 Å². The van der Waals surface area contributed by atoms with Crippen molar-refractivity contribution in [2.24, 2.45) is 5.41 Å². The number of esters is 1. The van der Waals surface area contributed by atoms with Crippen LogP contribution in [0.1, 0.15) is 34.1 Å². The van der Waals surface area contributed by atoms with Crippen LogP contribution in [0.15, 0.2) is 12.7 Å². The van der Waals surface area contributed by atoms with Crippen molar-refractivity contribution in [2.45, 2.75) is 93.5 Å². The van der Waals surface area contributed by atoms with Gasteiger partial charge >= 0.3 is 149 Å². The predicted octanol–water partition coefficient (Wildman–Crippen LogP) is 4.84. The van der Waals surface area contributed by atoms with Crippen LogP contribution < -0.4 is 0 Å². The van der Waals surface area contributed by atoms with E-state index in [0.29, 0.717) is 10.7 Å². The minimum atomic E-state index is -3.49. The van der Waals surface area contributed by atoms with E-state index < -0.39 is 17.5 Å². The quantitative estimate of drug-likeness (QED) is 0.381. The van der Waals surface area contributed by atoms with Crippen molar-refractivity contribution in [1.29, 1.82) is 0 Å². The molecule has 11 aliphatic heterocycles. The first-order chi connectivity index (χ1) is 12.4. The number of hydrogen-bond donors (Lipinski definition) is 0. The molecule has 11 fully saturated rings. The first-order valence-electron chi connectivity index (χ1n) is 10.8. The molecule has 11 aliphatic rings. The van der Waals surface area contributed by atoms with E-state index in [1.165, 1.54) is 0 Å². The Morgan fingerprint density at radius 2 is 1.67 bits per heavy atom. The Balaban J connectivity index is 1.21. The van der Waals surface area contributed by atoms with E-state index in [1.54, 1.807) is 6.08 Å². The Kier molecular flexibility index (Phi) is 0.639. The zero-order valence-electron chi connectivity index (χ0n) is 16.3. The molecule has 0 radical (unpaired) electrons. The average Bonchev–Trinajstić information content (AvgIpc) is 3.50. The summed E-state index contributed by atoms with van der Waals surface area (Å²) in [6.07, 6.45) is 2.08. The molecule has 0 aromatic rings. The van der Waals surface area contributed by atoms with Crippen molar-refractivity contribution >= 4 is 11.9 Å². The Morgan fingerprint density at radius 3 is 2.00 bits per heavy atom. The third kappa shape index (κ3) is 0.213. The summed E-state index contributed by atoms with van der Waals surface area (Å²) in [5, 5.41) is 0. The molecule has 4 unspecified atom stereocenters. The number of amides is 1. The van der Waals surface area contributed by atoms with Crippen molar-refractivity contribution in [3.8, 4) is 0 Å². The van der Waals surface area contributed by atoms with Crippen molar-refractivity contribution in [2.75, 3.05) is 0 Å². The van der Waals surface area contributed by atoms with Gasteiger partial charge in [0.2, 0.25) is 0 Å². The number of carbonyl (C=O) groups excluding carboxylic acids is 2. The summed E-state index contributed by atoms with van der Waals surface area (Å²) in [4.78, 5) is 39.1. The van der Waals surface area contributed by atoms with E-state index in [2.05, 4.69) is 6.58 Å². The van der Waals surface area contributed by atoms with E-state index in [0.717, 1.165) is 43.3 Å². The number of nitrogens with zero attached hydrogens (tertiary/aromatic N) is 1. The molecule has 0 aromatic heterocycles. The normalized spacial score (nSPS) is 91.0. The molecule has 0 saturated carbocycles. The Labute approximate surface area is 149 Å². The van der Waals surface area contributed by atoms with Gasteiger partial charge in [-0.25, -0.2) is 0 Å². The summed E-state index contributed by atoms with van der Waals surface area (Å²) in [5.74, 6) is -0.0559. The number of carbonyl (C=O) groups is 2.